The number of methoxy groups -OCH3 is 3. The Labute approximate surface area is 215 Å². The molecule has 0 radical (unpaired) electrons. The van der Waals surface area contributed by atoms with Gasteiger partial charge >= 0.3 is 5.97 Å². The van der Waals surface area contributed by atoms with Crippen molar-refractivity contribution in [3.05, 3.63) is 81.2 Å². The van der Waals surface area contributed by atoms with Crippen molar-refractivity contribution in [2.75, 3.05) is 26.2 Å². The first kappa shape index (κ1) is 25.2. The molecule has 1 amide bonds. The zero-order chi connectivity index (χ0) is 26.1. The highest BCUT2D eigenvalue weighted by Gasteiger charge is 2.48. The lowest BCUT2D eigenvalue weighted by Crippen LogP contribution is -2.29. The third kappa shape index (κ3) is 4.06. The smallest absolute Gasteiger partial charge is 0.337 e. The molecular weight excluding hydrogens is 513 g/mol. The SMILES string of the molecule is COC(=O)c1cccc(N2C(=O)C(=O)/C(=C(\O)c3cc(Cl)c(OC)c(Cl)c3OC)C2c2ccco2)c1. The van der Waals surface area contributed by atoms with Gasteiger partial charge in [0.05, 0.1) is 49.3 Å². The average molecular weight is 532 g/mol. The van der Waals surface area contributed by atoms with Crippen molar-refractivity contribution in [1.82, 2.24) is 0 Å². The lowest BCUT2D eigenvalue weighted by atomic mass is 9.98. The van der Waals surface area contributed by atoms with Crippen molar-refractivity contribution in [3.8, 4) is 11.5 Å². The van der Waals surface area contributed by atoms with Crippen LogP contribution in [-0.4, -0.2) is 44.1 Å². The Bertz CT molecular complexity index is 1400. The van der Waals surface area contributed by atoms with E-state index in [4.69, 9.17) is 41.8 Å². The Morgan fingerprint density at radius 3 is 2.36 bits per heavy atom. The van der Waals surface area contributed by atoms with Gasteiger partial charge in [0, 0.05) is 5.69 Å². The normalized spacial score (nSPS) is 16.8. The van der Waals surface area contributed by atoms with Gasteiger partial charge in [-0.3, -0.25) is 14.5 Å². The van der Waals surface area contributed by atoms with Crippen molar-refractivity contribution >= 4 is 52.3 Å². The average Bonchev–Trinajstić information content (AvgIpc) is 3.50. The molecule has 9 nitrogen and oxygen atoms in total. The lowest BCUT2D eigenvalue weighted by Gasteiger charge is -2.24. The number of aliphatic hydroxyl groups excluding tert-OH is 1. The Hall–Kier alpha value is -3.95. The number of carbonyl (C=O) groups is 3. The number of benzene rings is 2. The Morgan fingerprint density at radius 1 is 1.03 bits per heavy atom. The van der Waals surface area contributed by atoms with E-state index in [1.165, 1.54) is 57.9 Å². The number of amides is 1. The summed E-state index contributed by atoms with van der Waals surface area (Å²) in [4.78, 5) is 39.8. The van der Waals surface area contributed by atoms with Gasteiger partial charge < -0.3 is 23.7 Å². The standard InChI is InChI=1S/C25H19Cl2NO8/c1-33-22-14(11-15(26)23(34-2)18(22)27)20(29)17-19(16-8-5-9-36-16)28(24(31)21(17)30)13-7-4-6-12(10-13)25(32)35-3/h4-11,19,29H,1-3H3/b20-17-. The van der Waals surface area contributed by atoms with Crippen LogP contribution in [0.1, 0.15) is 27.7 Å². The maximum absolute atomic E-state index is 13.3. The summed E-state index contributed by atoms with van der Waals surface area (Å²) in [7, 11) is 3.89. The van der Waals surface area contributed by atoms with Crippen LogP contribution in [0, 0.1) is 0 Å². The first-order chi connectivity index (χ1) is 17.2. The van der Waals surface area contributed by atoms with Crippen LogP contribution in [0.2, 0.25) is 10.0 Å². The largest absolute Gasteiger partial charge is 0.507 e. The maximum atomic E-state index is 13.3. The van der Waals surface area contributed by atoms with E-state index in [0.717, 1.165) is 4.90 Å². The molecule has 0 bridgehead atoms. The molecule has 4 rings (SSSR count). The van der Waals surface area contributed by atoms with Crippen molar-refractivity contribution in [2.24, 2.45) is 0 Å². The first-order valence-corrected chi connectivity index (χ1v) is 11.1. The van der Waals surface area contributed by atoms with Crippen LogP contribution < -0.4 is 14.4 Å². The zero-order valence-corrected chi connectivity index (χ0v) is 20.7. The van der Waals surface area contributed by atoms with Gasteiger partial charge in [0.15, 0.2) is 11.5 Å². The molecule has 11 heteroatoms. The maximum Gasteiger partial charge on any atom is 0.337 e. The number of halogens is 2. The van der Waals surface area contributed by atoms with Crippen LogP contribution in [0.5, 0.6) is 11.5 Å². The molecule has 186 valence electrons. The van der Waals surface area contributed by atoms with Crippen LogP contribution in [0.15, 0.2) is 58.7 Å². The highest BCUT2D eigenvalue weighted by Crippen LogP contribution is 2.48. The summed E-state index contributed by atoms with van der Waals surface area (Å²) in [6, 6.07) is 9.21. The third-order valence-electron chi connectivity index (χ3n) is 5.60. The fourth-order valence-electron chi connectivity index (χ4n) is 4.01. The van der Waals surface area contributed by atoms with Crippen LogP contribution in [0.25, 0.3) is 5.76 Å². The molecule has 36 heavy (non-hydrogen) atoms. The summed E-state index contributed by atoms with van der Waals surface area (Å²) in [5.41, 5.74) is 0.0314. The monoisotopic (exact) mass is 531 g/mol. The van der Waals surface area contributed by atoms with Crippen LogP contribution >= 0.6 is 23.2 Å². The highest BCUT2D eigenvalue weighted by molar-refractivity contribution is 6.52. The molecule has 1 atom stereocenters. The summed E-state index contributed by atoms with van der Waals surface area (Å²) < 4.78 is 20.8. The first-order valence-electron chi connectivity index (χ1n) is 10.4. The number of anilines is 1. The number of aliphatic hydroxyl groups is 1. The van der Waals surface area contributed by atoms with Crippen molar-refractivity contribution in [1.29, 1.82) is 0 Å². The Kier molecular flexibility index (Phi) is 6.96. The third-order valence-corrected chi connectivity index (χ3v) is 6.22. The van der Waals surface area contributed by atoms with Gasteiger partial charge in [0.2, 0.25) is 0 Å². The van der Waals surface area contributed by atoms with E-state index in [0.29, 0.717) is 0 Å². The number of ketones is 1. The fourth-order valence-corrected chi connectivity index (χ4v) is 4.69. The van der Waals surface area contributed by atoms with Gasteiger partial charge in [0.25, 0.3) is 11.7 Å². The van der Waals surface area contributed by atoms with E-state index < -0.39 is 29.5 Å². The highest BCUT2D eigenvalue weighted by atomic mass is 35.5. The number of hydrogen-bond acceptors (Lipinski definition) is 8. The van der Waals surface area contributed by atoms with Crippen molar-refractivity contribution in [3.63, 3.8) is 0 Å². The van der Waals surface area contributed by atoms with E-state index in [2.05, 4.69) is 0 Å². The molecule has 2 heterocycles. The summed E-state index contributed by atoms with van der Waals surface area (Å²) in [6.45, 7) is 0. The van der Waals surface area contributed by atoms with Crippen molar-refractivity contribution < 1.29 is 38.1 Å². The fraction of sp³-hybridized carbons (Fsp3) is 0.160. The van der Waals surface area contributed by atoms with Gasteiger partial charge in [0.1, 0.15) is 22.6 Å². The van der Waals surface area contributed by atoms with Crippen LogP contribution in [0.3, 0.4) is 0 Å². The van der Waals surface area contributed by atoms with E-state index >= 15 is 0 Å². The van der Waals surface area contributed by atoms with Gasteiger partial charge in [-0.15, -0.1) is 0 Å². The Morgan fingerprint density at radius 2 is 1.75 bits per heavy atom. The van der Waals surface area contributed by atoms with Crippen LogP contribution in [0.4, 0.5) is 5.69 Å². The van der Waals surface area contributed by atoms with Gasteiger partial charge in [-0.2, -0.15) is 0 Å². The molecule has 0 saturated carbocycles. The summed E-state index contributed by atoms with van der Waals surface area (Å²) >= 11 is 12.6. The van der Waals surface area contributed by atoms with E-state index in [-0.39, 0.29) is 49.7 Å². The molecule has 1 fully saturated rings. The molecule has 1 aliphatic heterocycles. The number of Topliss-reactive ketones (excluding diaryl/α,β-unsaturated/α-hetero) is 1. The quantitative estimate of drug-likeness (QED) is 0.204. The number of nitrogens with zero attached hydrogens (tertiary/aromatic N) is 1. The van der Waals surface area contributed by atoms with Crippen molar-refractivity contribution in [2.45, 2.75) is 6.04 Å². The number of esters is 1. The van der Waals surface area contributed by atoms with E-state index in [1.54, 1.807) is 12.1 Å². The number of furan rings is 1. The Balaban J connectivity index is 1.97. The summed E-state index contributed by atoms with van der Waals surface area (Å²) in [5, 5.41) is 11.4. The van der Waals surface area contributed by atoms with Crippen LogP contribution in [-0.2, 0) is 14.3 Å². The predicted octanol–water partition coefficient (Wildman–Crippen LogP) is 5.02. The molecule has 1 aliphatic rings. The summed E-state index contributed by atoms with van der Waals surface area (Å²) in [6.07, 6.45) is 1.36. The topological polar surface area (TPSA) is 116 Å². The predicted molar refractivity (Wildman–Crippen MR) is 131 cm³/mol. The van der Waals surface area contributed by atoms with E-state index in [9.17, 15) is 19.5 Å². The minimum absolute atomic E-state index is 0.0208. The number of hydrogen-bond donors (Lipinski definition) is 1. The molecule has 1 N–H and O–H groups in total. The molecule has 1 saturated heterocycles. The molecule has 1 unspecified atom stereocenters. The van der Waals surface area contributed by atoms with Gasteiger partial charge in [-0.25, -0.2) is 4.79 Å². The lowest BCUT2D eigenvalue weighted by molar-refractivity contribution is -0.132. The molecule has 0 aliphatic carbocycles. The second-order valence-corrected chi connectivity index (χ2v) is 8.30. The van der Waals surface area contributed by atoms with E-state index in [1.807, 2.05) is 0 Å². The zero-order valence-electron chi connectivity index (χ0n) is 19.2. The van der Waals surface area contributed by atoms with Gasteiger partial charge in [-0.05, 0) is 36.4 Å². The second kappa shape index (κ2) is 9.96. The molecule has 2 aromatic carbocycles. The minimum atomic E-state index is -1.18. The molecule has 0 spiro atoms. The number of ether oxygens (including phenoxy) is 3. The number of rotatable bonds is 6. The minimum Gasteiger partial charge on any atom is -0.507 e. The molecule has 3 aromatic rings. The van der Waals surface area contributed by atoms with Gasteiger partial charge in [-0.1, -0.05) is 29.3 Å². The molecule has 1 aromatic heterocycles. The summed E-state index contributed by atoms with van der Waals surface area (Å²) in [5.74, 6) is -2.90. The second-order valence-electron chi connectivity index (χ2n) is 7.51. The number of carbonyl (C=O) groups excluding carboxylic acids is 3. The molecular formula is C25H19Cl2NO8.